The standard InChI is InChI=1S/C16H17F2NO4/c1-9-4-5-10(14(21)22)7-11(9)13(20)19-8-15-12(16(15,17)18)3-2-6-23-15/h4-5,7,12H,2-3,6,8H2,1H3,(H,19,20)(H,21,22)/t12-,15+/m1/s1. The number of hydrogen-bond acceptors (Lipinski definition) is 3. The third-order valence-corrected chi connectivity index (χ3v) is 4.72. The third-order valence-electron chi connectivity index (χ3n) is 4.72. The van der Waals surface area contributed by atoms with Gasteiger partial charge in [-0.05, 0) is 37.5 Å². The summed E-state index contributed by atoms with van der Waals surface area (Å²) in [6.45, 7) is 1.64. The number of alkyl halides is 2. The second-order valence-electron chi connectivity index (χ2n) is 6.07. The van der Waals surface area contributed by atoms with Crippen LogP contribution >= 0.6 is 0 Å². The van der Waals surface area contributed by atoms with Gasteiger partial charge in [-0.3, -0.25) is 4.79 Å². The van der Waals surface area contributed by atoms with Crippen LogP contribution in [0.1, 0.15) is 39.1 Å². The molecule has 1 saturated carbocycles. The van der Waals surface area contributed by atoms with E-state index in [-0.39, 0.29) is 24.3 Å². The van der Waals surface area contributed by atoms with Crippen LogP contribution in [0.3, 0.4) is 0 Å². The molecule has 1 heterocycles. The van der Waals surface area contributed by atoms with E-state index in [0.717, 1.165) is 0 Å². The number of amides is 1. The number of benzene rings is 1. The summed E-state index contributed by atoms with van der Waals surface area (Å²) in [4.78, 5) is 23.2. The summed E-state index contributed by atoms with van der Waals surface area (Å²) in [6, 6.07) is 4.15. The first-order valence-corrected chi connectivity index (χ1v) is 7.43. The molecule has 3 rings (SSSR count). The number of rotatable bonds is 4. The van der Waals surface area contributed by atoms with Crippen molar-refractivity contribution in [3.8, 4) is 0 Å². The number of carbonyl (C=O) groups excluding carboxylic acids is 1. The van der Waals surface area contributed by atoms with E-state index in [9.17, 15) is 18.4 Å². The zero-order valence-electron chi connectivity index (χ0n) is 12.6. The lowest BCUT2D eigenvalue weighted by atomic mass is 10.0. The van der Waals surface area contributed by atoms with Crippen molar-refractivity contribution < 1.29 is 28.2 Å². The van der Waals surface area contributed by atoms with E-state index >= 15 is 0 Å². The van der Waals surface area contributed by atoms with Gasteiger partial charge in [0.05, 0.1) is 18.0 Å². The van der Waals surface area contributed by atoms with Crippen LogP contribution in [0.2, 0.25) is 0 Å². The lowest BCUT2D eigenvalue weighted by molar-refractivity contribution is -0.0576. The first kappa shape index (κ1) is 15.9. The van der Waals surface area contributed by atoms with Crippen molar-refractivity contribution in [1.29, 1.82) is 0 Å². The summed E-state index contributed by atoms with van der Waals surface area (Å²) in [7, 11) is 0. The monoisotopic (exact) mass is 325 g/mol. The molecular formula is C16H17F2NO4. The average Bonchev–Trinajstić information content (AvgIpc) is 3.02. The summed E-state index contributed by atoms with van der Waals surface area (Å²) >= 11 is 0. The normalized spacial score (nSPS) is 27.9. The Morgan fingerprint density at radius 2 is 2.17 bits per heavy atom. The molecule has 0 aromatic heterocycles. The number of fused-ring (bicyclic) bond motifs is 1. The van der Waals surface area contributed by atoms with Crippen LogP contribution in [-0.2, 0) is 4.74 Å². The number of carbonyl (C=O) groups is 2. The molecule has 5 nitrogen and oxygen atoms in total. The van der Waals surface area contributed by atoms with E-state index in [1.807, 2.05) is 0 Å². The summed E-state index contributed by atoms with van der Waals surface area (Å²) in [5.74, 6) is -5.50. The Balaban J connectivity index is 1.73. The van der Waals surface area contributed by atoms with Crippen LogP contribution in [0.5, 0.6) is 0 Å². The Hall–Kier alpha value is -2.02. The van der Waals surface area contributed by atoms with Gasteiger partial charge in [-0.25, -0.2) is 13.6 Å². The number of carboxylic acids is 1. The number of ether oxygens (including phenoxy) is 1. The van der Waals surface area contributed by atoms with E-state index in [1.165, 1.54) is 18.2 Å². The van der Waals surface area contributed by atoms with Crippen LogP contribution < -0.4 is 5.32 Å². The van der Waals surface area contributed by atoms with E-state index in [2.05, 4.69) is 5.32 Å². The van der Waals surface area contributed by atoms with E-state index in [1.54, 1.807) is 6.92 Å². The Bertz CT molecular complexity index is 676. The molecule has 2 atom stereocenters. The largest absolute Gasteiger partial charge is 0.478 e. The maximum Gasteiger partial charge on any atom is 0.335 e. The number of aromatic carboxylic acids is 1. The minimum atomic E-state index is -2.92. The molecule has 124 valence electrons. The maximum atomic E-state index is 13.9. The quantitative estimate of drug-likeness (QED) is 0.890. The molecular weight excluding hydrogens is 308 g/mol. The molecule has 23 heavy (non-hydrogen) atoms. The molecule has 2 aliphatic rings. The molecule has 1 amide bonds. The third kappa shape index (κ3) is 2.39. The van der Waals surface area contributed by atoms with E-state index in [0.29, 0.717) is 18.4 Å². The molecule has 0 bridgehead atoms. The first-order valence-electron chi connectivity index (χ1n) is 7.43. The molecule has 0 unspecified atom stereocenters. The fraction of sp³-hybridized carbons (Fsp3) is 0.500. The van der Waals surface area contributed by atoms with Gasteiger partial charge in [-0.2, -0.15) is 0 Å². The number of hydrogen-bond donors (Lipinski definition) is 2. The van der Waals surface area contributed by atoms with Gasteiger partial charge in [-0.15, -0.1) is 0 Å². The highest BCUT2D eigenvalue weighted by Crippen LogP contribution is 2.64. The Kier molecular flexibility index (Phi) is 3.63. The van der Waals surface area contributed by atoms with Crippen molar-refractivity contribution in [3.05, 3.63) is 34.9 Å². The van der Waals surface area contributed by atoms with Crippen LogP contribution in [0, 0.1) is 12.8 Å². The summed E-state index contributed by atoms with van der Waals surface area (Å²) in [5, 5.41) is 11.5. The zero-order valence-corrected chi connectivity index (χ0v) is 12.6. The molecule has 0 spiro atoms. The predicted octanol–water partition coefficient (Wildman–Crippen LogP) is 2.24. The van der Waals surface area contributed by atoms with Crippen molar-refractivity contribution in [2.45, 2.75) is 31.3 Å². The van der Waals surface area contributed by atoms with Crippen LogP contribution in [0.4, 0.5) is 8.78 Å². The molecule has 2 N–H and O–H groups in total. The Morgan fingerprint density at radius 3 is 2.83 bits per heavy atom. The number of nitrogens with one attached hydrogen (secondary N) is 1. The fourth-order valence-electron chi connectivity index (χ4n) is 3.26. The van der Waals surface area contributed by atoms with Gasteiger partial charge < -0.3 is 15.2 Å². The smallest absolute Gasteiger partial charge is 0.335 e. The number of aryl methyl sites for hydroxylation is 1. The van der Waals surface area contributed by atoms with E-state index in [4.69, 9.17) is 9.84 Å². The number of carboxylic acid groups (broad SMARTS) is 1. The maximum absolute atomic E-state index is 13.9. The molecule has 2 fully saturated rings. The molecule has 1 saturated heterocycles. The minimum Gasteiger partial charge on any atom is -0.478 e. The Morgan fingerprint density at radius 1 is 1.43 bits per heavy atom. The SMILES string of the molecule is Cc1ccc(C(=O)O)cc1C(=O)NC[C@]12OCCC[C@H]1C2(F)F. The minimum absolute atomic E-state index is 0.0255. The second kappa shape index (κ2) is 5.26. The lowest BCUT2D eigenvalue weighted by Crippen LogP contribution is -2.41. The topological polar surface area (TPSA) is 75.6 Å². The van der Waals surface area contributed by atoms with Gasteiger partial charge >= 0.3 is 5.97 Å². The Labute approximate surface area is 131 Å². The first-order chi connectivity index (χ1) is 10.8. The van der Waals surface area contributed by atoms with Gasteiger partial charge in [0.25, 0.3) is 11.8 Å². The van der Waals surface area contributed by atoms with Crippen LogP contribution in [0.25, 0.3) is 0 Å². The summed E-state index contributed by atoms with van der Waals surface area (Å²) < 4.78 is 33.1. The van der Waals surface area contributed by atoms with Crippen LogP contribution in [-0.4, -0.2) is 41.7 Å². The van der Waals surface area contributed by atoms with Gasteiger partial charge in [-0.1, -0.05) is 6.07 Å². The second-order valence-corrected chi connectivity index (χ2v) is 6.07. The van der Waals surface area contributed by atoms with Crippen molar-refractivity contribution in [1.82, 2.24) is 5.32 Å². The number of halogens is 2. The van der Waals surface area contributed by atoms with Gasteiger partial charge in [0.2, 0.25) is 0 Å². The van der Waals surface area contributed by atoms with Gasteiger partial charge in [0.1, 0.15) is 0 Å². The molecule has 7 heteroatoms. The average molecular weight is 325 g/mol. The van der Waals surface area contributed by atoms with E-state index < -0.39 is 29.3 Å². The molecule has 0 radical (unpaired) electrons. The van der Waals surface area contributed by atoms with Crippen molar-refractivity contribution in [3.63, 3.8) is 0 Å². The summed E-state index contributed by atoms with van der Waals surface area (Å²) in [5.41, 5.74) is -0.882. The van der Waals surface area contributed by atoms with Gasteiger partial charge in [0, 0.05) is 12.2 Å². The molecule has 1 aliphatic carbocycles. The van der Waals surface area contributed by atoms with Crippen LogP contribution in [0.15, 0.2) is 18.2 Å². The molecule has 1 aromatic carbocycles. The van der Waals surface area contributed by atoms with Crippen molar-refractivity contribution in [2.75, 3.05) is 13.2 Å². The lowest BCUT2D eigenvalue weighted by Gasteiger charge is -2.22. The summed E-state index contributed by atoms with van der Waals surface area (Å²) in [6.07, 6.45) is 0.978. The highest BCUT2D eigenvalue weighted by atomic mass is 19.3. The molecule has 1 aromatic rings. The highest BCUT2D eigenvalue weighted by Gasteiger charge is 2.82. The molecule has 1 aliphatic heterocycles. The zero-order chi connectivity index (χ0) is 16.8. The van der Waals surface area contributed by atoms with Gasteiger partial charge in [0.15, 0.2) is 5.60 Å². The highest BCUT2D eigenvalue weighted by molar-refractivity contribution is 5.98. The predicted molar refractivity (Wildman–Crippen MR) is 76.8 cm³/mol. The van der Waals surface area contributed by atoms with Crippen molar-refractivity contribution >= 4 is 11.9 Å². The van der Waals surface area contributed by atoms with Crippen molar-refractivity contribution in [2.24, 2.45) is 5.92 Å². The fourth-order valence-corrected chi connectivity index (χ4v) is 3.26.